The molecule has 26 heavy (non-hydrogen) atoms. The normalized spacial score (nSPS) is 9.23. The number of ether oxygens (including phenoxy) is 3. The summed E-state index contributed by atoms with van der Waals surface area (Å²) in [5, 5.41) is 30.7. The first-order valence-electron chi connectivity index (χ1n) is 9.84. The third kappa shape index (κ3) is 49.5. The highest BCUT2D eigenvalue weighted by Gasteiger charge is 1.92. The minimum Gasteiger partial charge on any atom is -0.400 e. The summed E-state index contributed by atoms with van der Waals surface area (Å²) in [6.07, 6.45) is 7.77. The van der Waals surface area contributed by atoms with Crippen LogP contribution in [0.2, 0.25) is 0 Å². The van der Waals surface area contributed by atoms with Gasteiger partial charge >= 0.3 is 0 Å². The maximum Gasteiger partial charge on any atom is 0.0701 e. The number of aliphatic hydroxyl groups excluding tert-OH is 4. The number of unbranched alkanes of at least 4 members (excludes halogenated alkanes) is 5. The molecule has 0 radical (unpaired) electrons. The molecule has 7 nitrogen and oxygen atoms in total. The van der Waals surface area contributed by atoms with E-state index >= 15 is 0 Å². The second-order valence-corrected chi connectivity index (χ2v) is 4.78. The van der Waals surface area contributed by atoms with E-state index in [1.807, 2.05) is 13.8 Å². The van der Waals surface area contributed by atoms with Crippen LogP contribution in [0.25, 0.3) is 0 Å². The van der Waals surface area contributed by atoms with Crippen molar-refractivity contribution in [2.45, 2.75) is 59.3 Å². The van der Waals surface area contributed by atoms with Crippen LogP contribution in [0, 0.1) is 0 Å². The molecule has 0 amide bonds. The minimum atomic E-state index is -0.125. The van der Waals surface area contributed by atoms with Crippen LogP contribution in [-0.2, 0) is 14.2 Å². The first-order chi connectivity index (χ1) is 12.8. The van der Waals surface area contributed by atoms with Crippen molar-refractivity contribution in [1.29, 1.82) is 0 Å². The molecule has 0 aliphatic rings. The van der Waals surface area contributed by atoms with Crippen molar-refractivity contribution in [2.24, 2.45) is 0 Å². The van der Waals surface area contributed by atoms with E-state index in [-0.39, 0.29) is 19.8 Å². The van der Waals surface area contributed by atoms with E-state index in [0.29, 0.717) is 33.0 Å². The van der Waals surface area contributed by atoms with Crippen molar-refractivity contribution in [3.05, 3.63) is 0 Å². The van der Waals surface area contributed by atoms with Gasteiger partial charge in [0.15, 0.2) is 0 Å². The van der Waals surface area contributed by atoms with Crippen molar-refractivity contribution in [1.82, 2.24) is 0 Å². The van der Waals surface area contributed by atoms with Crippen LogP contribution >= 0.6 is 0 Å². The van der Waals surface area contributed by atoms with Crippen LogP contribution in [0.1, 0.15) is 59.3 Å². The zero-order chi connectivity index (χ0) is 20.7. The number of hydrogen-bond donors (Lipinski definition) is 4. The lowest BCUT2D eigenvalue weighted by molar-refractivity contribution is 0.00719. The lowest BCUT2D eigenvalue weighted by atomic mass is 10.1. The predicted octanol–water partition coefficient (Wildman–Crippen LogP) is 1.99. The van der Waals surface area contributed by atoms with Gasteiger partial charge in [-0.15, -0.1) is 0 Å². The summed E-state index contributed by atoms with van der Waals surface area (Å²) in [4.78, 5) is 0. The van der Waals surface area contributed by atoms with Crippen molar-refractivity contribution in [3.63, 3.8) is 0 Å². The lowest BCUT2D eigenvalue weighted by Crippen LogP contribution is -2.11. The van der Waals surface area contributed by atoms with Crippen LogP contribution in [0.3, 0.4) is 0 Å². The van der Waals surface area contributed by atoms with E-state index in [4.69, 9.17) is 34.6 Å². The Morgan fingerprint density at radius 1 is 0.500 bits per heavy atom. The molecule has 0 bridgehead atoms. The van der Waals surface area contributed by atoms with Gasteiger partial charge in [0.25, 0.3) is 0 Å². The van der Waals surface area contributed by atoms with Crippen molar-refractivity contribution in [3.8, 4) is 0 Å². The smallest absolute Gasteiger partial charge is 0.0701 e. The Hall–Kier alpha value is -0.280. The molecule has 0 aliphatic heterocycles. The van der Waals surface area contributed by atoms with Gasteiger partial charge in [-0.05, 0) is 6.42 Å². The van der Waals surface area contributed by atoms with Crippen LogP contribution in [-0.4, -0.2) is 87.0 Å². The summed E-state index contributed by atoms with van der Waals surface area (Å²) in [5.41, 5.74) is 0. The van der Waals surface area contributed by atoms with Gasteiger partial charge in [0.05, 0.1) is 52.9 Å². The van der Waals surface area contributed by atoms with Gasteiger partial charge in [0.2, 0.25) is 0 Å². The summed E-state index contributed by atoms with van der Waals surface area (Å²) < 4.78 is 15.8. The Kier molecular flexibility index (Phi) is 56.8. The topological polar surface area (TPSA) is 109 Å². The van der Waals surface area contributed by atoms with E-state index in [1.54, 1.807) is 0 Å². The minimum absolute atomic E-state index is 0.0708. The highest BCUT2D eigenvalue weighted by molar-refractivity contribution is 4.43. The average Bonchev–Trinajstić information content (AvgIpc) is 2.71. The Morgan fingerprint density at radius 3 is 1.31 bits per heavy atom. The molecular formula is C19H46O7. The molecule has 0 aromatic rings. The molecule has 0 heterocycles. The van der Waals surface area contributed by atoms with Gasteiger partial charge < -0.3 is 34.6 Å². The predicted molar refractivity (Wildman–Crippen MR) is 107 cm³/mol. The summed E-state index contributed by atoms with van der Waals surface area (Å²) in [5.74, 6) is 0. The number of rotatable bonds is 16. The third-order valence-corrected chi connectivity index (χ3v) is 2.72. The largest absolute Gasteiger partial charge is 0.400 e. The Morgan fingerprint density at radius 2 is 0.885 bits per heavy atom. The maximum atomic E-state index is 8.47. The monoisotopic (exact) mass is 386 g/mol. The lowest BCUT2D eigenvalue weighted by Gasteiger charge is -2.06. The molecule has 0 spiro atoms. The fraction of sp³-hybridized carbons (Fsp3) is 1.00. The number of hydrogen-bond acceptors (Lipinski definition) is 7. The summed E-state index contributed by atoms with van der Waals surface area (Å²) in [7, 11) is 1.00. The van der Waals surface area contributed by atoms with Gasteiger partial charge in [-0.25, -0.2) is 0 Å². The van der Waals surface area contributed by atoms with E-state index in [2.05, 4.69) is 6.92 Å². The van der Waals surface area contributed by atoms with Gasteiger partial charge in [-0.3, -0.25) is 0 Å². The maximum absolute atomic E-state index is 8.47. The Balaban J connectivity index is -0.000000258. The zero-order valence-electron chi connectivity index (χ0n) is 17.6. The second kappa shape index (κ2) is 44.3. The first kappa shape index (κ1) is 33.3. The summed E-state index contributed by atoms with van der Waals surface area (Å²) in [6, 6.07) is 0. The van der Waals surface area contributed by atoms with E-state index in [1.165, 1.54) is 32.1 Å². The standard InChI is InChI=1S/C14H30O4.C2H6O2.C2H6.CH4O/c1-2-3-4-5-6-7-9-16-11-13-18-14-12-17-10-8-15;3-1-2-4;2*1-2/h15H,2-14H2,1H3;3-4H,1-2H2;1-2H3;2H,1H3. The molecule has 0 saturated heterocycles. The molecule has 0 aromatic heterocycles. The van der Waals surface area contributed by atoms with Gasteiger partial charge in [-0.1, -0.05) is 52.9 Å². The fourth-order valence-electron chi connectivity index (χ4n) is 1.59. The molecule has 164 valence electrons. The quantitative estimate of drug-likeness (QED) is 0.300. The molecule has 0 unspecified atom stereocenters. The van der Waals surface area contributed by atoms with E-state index in [0.717, 1.165) is 20.1 Å². The average molecular weight is 387 g/mol. The molecule has 7 heteroatoms. The van der Waals surface area contributed by atoms with E-state index < -0.39 is 0 Å². The summed E-state index contributed by atoms with van der Waals surface area (Å²) in [6.45, 7) is 9.68. The second-order valence-electron chi connectivity index (χ2n) is 4.78. The van der Waals surface area contributed by atoms with Gasteiger partial charge in [-0.2, -0.15) is 0 Å². The SMILES string of the molecule is CC.CCCCCCCCOCCOCCOCCO.CO.OCCO. The van der Waals surface area contributed by atoms with Crippen molar-refractivity contribution >= 4 is 0 Å². The third-order valence-electron chi connectivity index (χ3n) is 2.72. The highest BCUT2D eigenvalue weighted by Crippen LogP contribution is 2.04. The van der Waals surface area contributed by atoms with Crippen LogP contribution in [0.15, 0.2) is 0 Å². The first-order valence-corrected chi connectivity index (χ1v) is 9.84. The molecule has 0 fully saturated rings. The molecule has 0 saturated carbocycles. The van der Waals surface area contributed by atoms with Gasteiger partial charge in [0, 0.05) is 13.7 Å². The summed E-state index contributed by atoms with van der Waals surface area (Å²) >= 11 is 0. The molecule has 4 N–H and O–H groups in total. The fourth-order valence-corrected chi connectivity index (χ4v) is 1.59. The van der Waals surface area contributed by atoms with Crippen LogP contribution in [0.4, 0.5) is 0 Å². The number of aliphatic hydroxyl groups is 4. The van der Waals surface area contributed by atoms with Crippen molar-refractivity contribution in [2.75, 3.05) is 66.6 Å². The molecule has 0 atom stereocenters. The molecule has 0 aromatic carbocycles. The Bertz CT molecular complexity index is 154. The van der Waals surface area contributed by atoms with E-state index in [9.17, 15) is 0 Å². The Labute approximate surface area is 161 Å². The zero-order valence-corrected chi connectivity index (χ0v) is 17.6. The molecular weight excluding hydrogens is 340 g/mol. The van der Waals surface area contributed by atoms with Crippen LogP contribution in [0.5, 0.6) is 0 Å². The van der Waals surface area contributed by atoms with Crippen LogP contribution < -0.4 is 0 Å². The molecule has 0 aliphatic carbocycles. The molecule has 0 rings (SSSR count). The van der Waals surface area contributed by atoms with Crippen molar-refractivity contribution < 1.29 is 34.6 Å². The van der Waals surface area contributed by atoms with Gasteiger partial charge in [0.1, 0.15) is 0 Å². The highest BCUT2D eigenvalue weighted by atomic mass is 16.5.